The molecule has 6 nitrogen and oxygen atoms in total. The van der Waals surface area contributed by atoms with Gasteiger partial charge in [0.15, 0.2) is 0 Å². The summed E-state index contributed by atoms with van der Waals surface area (Å²) < 4.78 is 5.14. The molecule has 0 aliphatic carbocycles. The molecule has 2 rings (SSSR count). The van der Waals surface area contributed by atoms with Crippen LogP contribution >= 0.6 is 0 Å². The predicted octanol–water partition coefficient (Wildman–Crippen LogP) is 3.76. The molecule has 1 atom stereocenters. The Morgan fingerprint density at radius 3 is 2.15 bits per heavy atom. The van der Waals surface area contributed by atoms with Crippen LogP contribution in [0.15, 0.2) is 41.0 Å². The van der Waals surface area contributed by atoms with E-state index in [0.717, 1.165) is 0 Å². The first-order valence-corrected chi connectivity index (χ1v) is 8.74. The van der Waals surface area contributed by atoms with Gasteiger partial charge >= 0.3 is 0 Å². The number of carbonyl (C=O) groups is 2. The van der Waals surface area contributed by atoms with E-state index >= 15 is 0 Å². The number of furan rings is 1. The van der Waals surface area contributed by atoms with Crippen LogP contribution in [0.25, 0.3) is 0 Å². The molecule has 0 saturated heterocycles. The Balaban J connectivity index is 1.90. The minimum Gasteiger partial charge on any atom is -0.469 e. The lowest BCUT2D eigenvalue weighted by atomic mass is 10.1. The third-order valence-corrected chi connectivity index (χ3v) is 4.29. The molecular formula is C20H27N3O3. The van der Waals surface area contributed by atoms with E-state index < -0.39 is 0 Å². The van der Waals surface area contributed by atoms with Gasteiger partial charge in [-0.15, -0.1) is 0 Å². The van der Waals surface area contributed by atoms with Crippen LogP contribution in [0, 0.1) is 12.8 Å². The van der Waals surface area contributed by atoms with Gasteiger partial charge in [-0.05, 0) is 58.2 Å². The second-order valence-electron chi connectivity index (χ2n) is 6.90. The highest BCUT2D eigenvalue weighted by Crippen LogP contribution is 2.16. The van der Waals surface area contributed by atoms with Crippen molar-refractivity contribution >= 4 is 23.2 Å². The number of benzene rings is 1. The van der Waals surface area contributed by atoms with Gasteiger partial charge in [0, 0.05) is 29.9 Å². The first kappa shape index (κ1) is 19.7. The van der Waals surface area contributed by atoms with Crippen molar-refractivity contribution in [2.45, 2.75) is 33.7 Å². The zero-order chi connectivity index (χ0) is 19.3. The van der Waals surface area contributed by atoms with Crippen molar-refractivity contribution in [3.8, 4) is 0 Å². The van der Waals surface area contributed by atoms with Crippen LogP contribution in [-0.2, 0) is 4.79 Å². The van der Waals surface area contributed by atoms with Gasteiger partial charge in [0.05, 0.1) is 5.56 Å². The number of nitrogens with zero attached hydrogens (tertiary/aromatic N) is 1. The topological polar surface area (TPSA) is 74.6 Å². The van der Waals surface area contributed by atoms with Crippen LogP contribution in [0.4, 0.5) is 11.4 Å². The Morgan fingerprint density at radius 2 is 1.65 bits per heavy atom. The van der Waals surface area contributed by atoms with E-state index in [-0.39, 0.29) is 17.7 Å². The highest BCUT2D eigenvalue weighted by Gasteiger charge is 2.16. The Hall–Kier alpha value is -2.60. The van der Waals surface area contributed by atoms with Crippen LogP contribution < -0.4 is 10.6 Å². The molecule has 0 fully saturated rings. The maximum absolute atomic E-state index is 12.3. The Kier molecular flexibility index (Phi) is 6.58. The third kappa shape index (κ3) is 5.46. The molecule has 0 spiro atoms. The second kappa shape index (κ2) is 8.67. The minimum atomic E-state index is -0.232. The number of hydrogen-bond acceptors (Lipinski definition) is 4. The first-order valence-electron chi connectivity index (χ1n) is 8.74. The van der Waals surface area contributed by atoms with Crippen LogP contribution in [0.1, 0.15) is 36.9 Å². The van der Waals surface area contributed by atoms with Gasteiger partial charge in [0.25, 0.3) is 5.91 Å². The number of anilines is 2. The van der Waals surface area contributed by atoms with E-state index in [2.05, 4.69) is 29.4 Å². The normalized spacial score (nSPS) is 12.3. The van der Waals surface area contributed by atoms with Crippen LogP contribution in [-0.4, -0.2) is 36.3 Å². The van der Waals surface area contributed by atoms with Gasteiger partial charge in [0.2, 0.25) is 5.91 Å². The molecule has 2 amide bonds. The van der Waals surface area contributed by atoms with Crippen LogP contribution in [0.3, 0.4) is 0 Å². The maximum atomic E-state index is 12.3. The van der Waals surface area contributed by atoms with Crippen molar-refractivity contribution in [3.63, 3.8) is 0 Å². The standard InChI is InChI=1S/C20H27N3O3/c1-13(2)23(5)11-14(3)19(24)21-17-6-8-18(9-7-17)22-20(25)16-10-15(4)26-12-16/h6-10,12-14H,11H2,1-5H3,(H,21,24)(H,22,25)/t14-/m1/s1. The van der Waals surface area contributed by atoms with E-state index in [4.69, 9.17) is 4.42 Å². The number of amides is 2. The molecule has 0 radical (unpaired) electrons. The average molecular weight is 357 g/mol. The quantitative estimate of drug-likeness (QED) is 0.791. The van der Waals surface area contributed by atoms with Crippen molar-refractivity contribution in [1.29, 1.82) is 0 Å². The molecule has 140 valence electrons. The molecule has 6 heteroatoms. The monoisotopic (exact) mass is 357 g/mol. The SMILES string of the molecule is Cc1cc(C(=O)Nc2ccc(NC(=O)[C@H](C)CN(C)C(C)C)cc2)co1. The summed E-state index contributed by atoms with van der Waals surface area (Å²) in [6, 6.07) is 9.13. The van der Waals surface area contributed by atoms with E-state index in [1.807, 2.05) is 14.0 Å². The predicted molar refractivity (Wildman–Crippen MR) is 103 cm³/mol. The number of rotatable bonds is 7. The molecular weight excluding hydrogens is 330 g/mol. The summed E-state index contributed by atoms with van der Waals surface area (Å²) in [6.45, 7) is 8.59. The number of carbonyl (C=O) groups excluding carboxylic acids is 2. The highest BCUT2D eigenvalue weighted by atomic mass is 16.3. The summed E-state index contributed by atoms with van der Waals surface area (Å²) in [5, 5.41) is 5.70. The van der Waals surface area contributed by atoms with Gasteiger partial charge < -0.3 is 20.0 Å². The van der Waals surface area contributed by atoms with E-state index in [9.17, 15) is 9.59 Å². The lowest BCUT2D eigenvalue weighted by Gasteiger charge is -2.24. The third-order valence-electron chi connectivity index (χ3n) is 4.29. The van der Waals surface area contributed by atoms with Gasteiger partial charge in [0.1, 0.15) is 12.0 Å². The first-order chi connectivity index (χ1) is 12.3. The van der Waals surface area contributed by atoms with Gasteiger partial charge in [-0.1, -0.05) is 6.92 Å². The number of hydrogen-bond donors (Lipinski definition) is 2. The molecule has 0 aliphatic rings. The lowest BCUT2D eigenvalue weighted by molar-refractivity contribution is -0.120. The van der Waals surface area contributed by atoms with Crippen molar-refractivity contribution in [3.05, 3.63) is 47.9 Å². The van der Waals surface area contributed by atoms with Gasteiger partial charge in [-0.25, -0.2) is 0 Å². The Morgan fingerprint density at radius 1 is 1.08 bits per heavy atom. The molecule has 1 aromatic heterocycles. The second-order valence-corrected chi connectivity index (χ2v) is 6.90. The van der Waals surface area contributed by atoms with E-state index in [1.165, 1.54) is 6.26 Å². The van der Waals surface area contributed by atoms with E-state index in [0.29, 0.717) is 35.3 Å². The fraction of sp³-hybridized carbons (Fsp3) is 0.400. The van der Waals surface area contributed by atoms with Crippen LogP contribution in [0.2, 0.25) is 0 Å². The summed E-state index contributed by atoms with van der Waals surface area (Å²) in [5.74, 6) is 0.309. The maximum Gasteiger partial charge on any atom is 0.258 e. The van der Waals surface area contributed by atoms with Crippen molar-refractivity contribution in [2.75, 3.05) is 24.2 Å². The van der Waals surface area contributed by atoms with E-state index in [1.54, 1.807) is 37.3 Å². The summed E-state index contributed by atoms with van der Waals surface area (Å²) >= 11 is 0. The summed E-state index contributed by atoms with van der Waals surface area (Å²) in [7, 11) is 2.01. The molecule has 0 saturated carbocycles. The zero-order valence-electron chi connectivity index (χ0n) is 16.0. The fourth-order valence-electron chi connectivity index (χ4n) is 2.39. The zero-order valence-corrected chi connectivity index (χ0v) is 16.0. The summed E-state index contributed by atoms with van der Waals surface area (Å²) in [5.41, 5.74) is 1.83. The van der Waals surface area contributed by atoms with Crippen LogP contribution in [0.5, 0.6) is 0 Å². The Labute approximate surface area is 154 Å². The molecule has 26 heavy (non-hydrogen) atoms. The minimum absolute atomic E-state index is 0.0249. The molecule has 2 aromatic rings. The summed E-state index contributed by atoms with van der Waals surface area (Å²) in [4.78, 5) is 26.5. The molecule has 1 heterocycles. The molecule has 2 N–H and O–H groups in total. The molecule has 0 bridgehead atoms. The molecule has 1 aromatic carbocycles. The van der Waals surface area contributed by atoms with Crippen molar-refractivity contribution < 1.29 is 14.0 Å². The molecule has 0 unspecified atom stereocenters. The molecule has 0 aliphatic heterocycles. The Bertz CT molecular complexity index is 750. The van der Waals surface area contributed by atoms with Gasteiger partial charge in [-0.2, -0.15) is 0 Å². The lowest BCUT2D eigenvalue weighted by Crippen LogP contribution is -2.35. The number of nitrogens with one attached hydrogen (secondary N) is 2. The smallest absolute Gasteiger partial charge is 0.258 e. The summed E-state index contributed by atoms with van der Waals surface area (Å²) in [6.07, 6.45) is 1.43. The average Bonchev–Trinajstić information content (AvgIpc) is 3.03. The van der Waals surface area contributed by atoms with Crippen molar-refractivity contribution in [1.82, 2.24) is 4.90 Å². The van der Waals surface area contributed by atoms with Crippen molar-refractivity contribution in [2.24, 2.45) is 5.92 Å². The number of aryl methyl sites for hydroxylation is 1. The largest absolute Gasteiger partial charge is 0.469 e. The fourth-order valence-corrected chi connectivity index (χ4v) is 2.39. The van der Waals surface area contributed by atoms with Gasteiger partial charge in [-0.3, -0.25) is 9.59 Å². The highest BCUT2D eigenvalue weighted by molar-refractivity contribution is 6.04.